The van der Waals surface area contributed by atoms with Gasteiger partial charge in [-0.3, -0.25) is 0 Å². The molecule has 0 aromatic carbocycles. The smallest absolute Gasteiger partial charge is 0.181 e. The minimum Gasteiger partial charge on any atom is -0.448 e. The topological polar surface area (TPSA) is 47.3 Å². The number of rotatable bonds is 9. The van der Waals surface area contributed by atoms with E-state index in [1.54, 1.807) is 0 Å². The second-order valence-corrected chi connectivity index (χ2v) is 3.76. The zero-order chi connectivity index (χ0) is 11.6. The average Bonchev–Trinajstić information content (AvgIpc) is 2.73. The lowest BCUT2D eigenvalue weighted by Gasteiger charge is -2.03. The molecular weight excluding hydrogens is 204 g/mol. The minimum absolute atomic E-state index is 0.712. The van der Waals surface area contributed by atoms with Crippen LogP contribution < -0.4 is 5.32 Å². The van der Waals surface area contributed by atoms with Gasteiger partial charge in [-0.05, 0) is 19.4 Å². The van der Waals surface area contributed by atoms with Crippen molar-refractivity contribution in [1.29, 1.82) is 0 Å². The molecule has 1 heterocycles. The van der Waals surface area contributed by atoms with E-state index in [0.29, 0.717) is 6.61 Å². The molecule has 0 spiro atoms. The first-order valence-corrected chi connectivity index (χ1v) is 6.08. The monoisotopic (exact) mass is 226 g/mol. The van der Waals surface area contributed by atoms with E-state index in [0.717, 1.165) is 50.4 Å². The Bertz CT molecular complexity index is 274. The lowest BCUT2D eigenvalue weighted by atomic mass is 10.2. The predicted octanol–water partition coefficient (Wildman–Crippen LogP) is 2.14. The first-order chi connectivity index (χ1) is 7.88. The number of aromatic nitrogens is 1. The van der Waals surface area contributed by atoms with E-state index in [2.05, 4.69) is 24.1 Å². The van der Waals surface area contributed by atoms with Gasteiger partial charge in [0, 0.05) is 19.6 Å². The highest BCUT2D eigenvalue weighted by Crippen LogP contribution is 2.07. The number of ether oxygens (including phenoxy) is 1. The van der Waals surface area contributed by atoms with Crippen LogP contribution in [-0.2, 0) is 17.7 Å². The number of oxazole rings is 1. The molecule has 16 heavy (non-hydrogen) atoms. The molecule has 0 atom stereocenters. The van der Waals surface area contributed by atoms with Gasteiger partial charge < -0.3 is 14.5 Å². The van der Waals surface area contributed by atoms with Crippen molar-refractivity contribution in [3.63, 3.8) is 0 Å². The van der Waals surface area contributed by atoms with Gasteiger partial charge in [-0.15, -0.1) is 0 Å². The summed E-state index contributed by atoms with van der Waals surface area (Å²) in [6, 6.07) is 0. The lowest BCUT2D eigenvalue weighted by molar-refractivity contribution is 0.134. The Morgan fingerprint density at radius 2 is 2.19 bits per heavy atom. The standard InChI is InChI=1S/C12H22N2O2/c1-3-6-13-9-11-12(16-10-14-11)5-8-15-7-4-2/h10,13H,3-9H2,1-2H3. The Morgan fingerprint density at radius 3 is 2.94 bits per heavy atom. The highest BCUT2D eigenvalue weighted by molar-refractivity contribution is 5.07. The summed E-state index contributed by atoms with van der Waals surface area (Å²) >= 11 is 0. The van der Waals surface area contributed by atoms with Crippen LogP contribution in [-0.4, -0.2) is 24.7 Å². The van der Waals surface area contributed by atoms with Gasteiger partial charge in [-0.1, -0.05) is 13.8 Å². The van der Waals surface area contributed by atoms with Crippen LogP contribution in [0.2, 0.25) is 0 Å². The molecule has 0 unspecified atom stereocenters. The normalized spacial score (nSPS) is 10.9. The van der Waals surface area contributed by atoms with Gasteiger partial charge in [-0.2, -0.15) is 0 Å². The molecular formula is C12H22N2O2. The number of nitrogens with one attached hydrogen (secondary N) is 1. The summed E-state index contributed by atoms with van der Waals surface area (Å²) in [4.78, 5) is 4.20. The van der Waals surface area contributed by atoms with Crippen molar-refractivity contribution < 1.29 is 9.15 Å². The van der Waals surface area contributed by atoms with Crippen LogP contribution in [0.1, 0.15) is 38.1 Å². The van der Waals surface area contributed by atoms with Crippen molar-refractivity contribution in [3.8, 4) is 0 Å². The summed E-state index contributed by atoms with van der Waals surface area (Å²) in [5.41, 5.74) is 1.01. The summed E-state index contributed by atoms with van der Waals surface area (Å²) in [5.74, 6) is 0.944. The van der Waals surface area contributed by atoms with Crippen LogP contribution in [0.15, 0.2) is 10.8 Å². The first kappa shape index (κ1) is 13.2. The largest absolute Gasteiger partial charge is 0.448 e. The maximum absolute atomic E-state index is 5.43. The van der Waals surface area contributed by atoms with Gasteiger partial charge in [-0.25, -0.2) is 4.98 Å². The molecule has 1 N–H and O–H groups in total. The Balaban J connectivity index is 2.26. The summed E-state index contributed by atoms with van der Waals surface area (Å²) < 4.78 is 10.8. The highest BCUT2D eigenvalue weighted by atomic mass is 16.5. The molecule has 4 heteroatoms. The van der Waals surface area contributed by atoms with Crippen molar-refractivity contribution in [1.82, 2.24) is 10.3 Å². The van der Waals surface area contributed by atoms with Crippen LogP contribution in [0.3, 0.4) is 0 Å². The molecule has 1 aromatic heterocycles. The third-order valence-electron chi connectivity index (χ3n) is 2.27. The van der Waals surface area contributed by atoms with E-state index >= 15 is 0 Å². The zero-order valence-corrected chi connectivity index (χ0v) is 10.3. The van der Waals surface area contributed by atoms with E-state index < -0.39 is 0 Å². The summed E-state index contributed by atoms with van der Waals surface area (Å²) in [5, 5.41) is 3.32. The summed E-state index contributed by atoms with van der Waals surface area (Å²) in [6.07, 6.45) is 4.51. The van der Waals surface area contributed by atoms with E-state index in [4.69, 9.17) is 9.15 Å². The van der Waals surface area contributed by atoms with Crippen molar-refractivity contribution in [3.05, 3.63) is 17.8 Å². The van der Waals surface area contributed by atoms with E-state index in [1.807, 2.05) is 0 Å². The number of nitrogens with zero attached hydrogens (tertiary/aromatic N) is 1. The summed E-state index contributed by atoms with van der Waals surface area (Å²) in [6.45, 7) is 7.58. The van der Waals surface area contributed by atoms with Crippen LogP contribution in [0, 0.1) is 0 Å². The minimum atomic E-state index is 0.712. The Morgan fingerprint density at radius 1 is 1.31 bits per heavy atom. The Labute approximate surface area is 97.4 Å². The summed E-state index contributed by atoms with van der Waals surface area (Å²) in [7, 11) is 0. The third kappa shape index (κ3) is 4.77. The van der Waals surface area contributed by atoms with Crippen molar-refractivity contribution in [2.45, 2.75) is 39.7 Å². The second kappa shape index (κ2) is 8.30. The molecule has 92 valence electrons. The molecule has 0 bridgehead atoms. The fraction of sp³-hybridized carbons (Fsp3) is 0.750. The van der Waals surface area contributed by atoms with Crippen molar-refractivity contribution >= 4 is 0 Å². The maximum Gasteiger partial charge on any atom is 0.181 e. The highest BCUT2D eigenvalue weighted by Gasteiger charge is 2.07. The Kier molecular flexibility index (Phi) is 6.85. The van der Waals surface area contributed by atoms with Gasteiger partial charge in [0.05, 0.1) is 12.3 Å². The third-order valence-corrected chi connectivity index (χ3v) is 2.27. The molecule has 0 radical (unpaired) electrons. The molecule has 1 rings (SSSR count). The molecule has 0 fully saturated rings. The van der Waals surface area contributed by atoms with Gasteiger partial charge in [0.1, 0.15) is 5.76 Å². The number of hydrogen-bond donors (Lipinski definition) is 1. The first-order valence-electron chi connectivity index (χ1n) is 6.08. The van der Waals surface area contributed by atoms with Gasteiger partial charge >= 0.3 is 0 Å². The van der Waals surface area contributed by atoms with Crippen molar-refractivity contribution in [2.24, 2.45) is 0 Å². The number of hydrogen-bond acceptors (Lipinski definition) is 4. The van der Waals surface area contributed by atoms with Gasteiger partial charge in [0.15, 0.2) is 6.39 Å². The molecule has 0 saturated carbocycles. The fourth-order valence-corrected chi connectivity index (χ4v) is 1.44. The maximum atomic E-state index is 5.43. The predicted molar refractivity (Wildman–Crippen MR) is 63.3 cm³/mol. The average molecular weight is 226 g/mol. The van der Waals surface area contributed by atoms with Gasteiger partial charge in [0.2, 0.25) is 0 Å². The Hall–Kier alpha value is -0.870. The second-order valence-electron chi connectivity index (χ2n) is 3.76. The lowest BCUT2D eigenvalue weighted by Crippen LogP contribution is -2.15. The molecule has 0 aliphatic rings. The quantitative estimate of drug-likeness (QED) is 0.655. The van der Waals surface area contributed by atoms with E-state index in [9.17, 15) is 0 Å². The van der Waals surface area contributed by atoms with Gasteiger partial charge in [0.25, 0.3) is 0 Å². The van der Waals surface area contributed by atoms with E-state index in [1.165, 1.54) is 6.39 Å². The van der Waals surface area contributed by atoms with Crippen LogP contribution in [0.25, 0.3) is 0 Å². The van der Waals surface area contributed by atoms with E-state index in [-0.39, 0.29) is 0 Å². The molecule has 0 saturated heterocycles. The molecule has 1 aromatic rings. The van der Waals surface area contributed by atoms with Crippen LogP contribution in [0.5, 0.6) is 0 Å². The molecule has 0 aliphatic heterocycles. The van der Waals surface area contributed by atoms with Crippen molar-refractivity contribution in [2.75, 3.05) is 19.8 Å². The molecule has 0 amide bonds. The van der Waals surface area contributed by atoms with Crippen LogP contribution in [0.4, 0.5) is 0 Å². The zero-order valence-electron chi connectivity index (χ0n) is 10.3. The SMILES string of the molecule is CCCNCc1ncoc1CCOCCC. The molecule has 4 nitrogen and oxygen atoms in total. The fourth-order valence-electron chi connectivity index (χ4n) is 1.44. The molecule has 0 aliphatic carbocycles. The van der Waals surface area contributed by atoms with Crippen LogP contribution >= 0.6 is 0 Å².